The Morgan fingerprint density at radius 1 is 0.854 bits per heavy atom. The fraction of sp³-hybridized carbons (Fsp3) is 0.297. The molecule has 0 bridgehead atoms. The molecule has 0 aliphatic rings. The van der Waals surface area contributed by atoms with E-state index in [-0.39, 0.29) is 40.2 Å². The molecule has 0 aliphatic heterocycles. The van der Waals surface area contributed by atoms with Gasteiger partial charge in [0.05, 0.1) is 24.8 Å². The number of methoxy groups -OCH3 is 2. The first-order chi connectivity index (χ1) is 22.7. The van der Waals surface area contributed by atoms with Crippen LogP contribution in [-0.2, 0) is 32.6 Å². The third kappa shape index (κ3) is 9.29. The summed E-state index contributed by atoms with van der Waals surface area (Å²) in [7, 11) is -1.38. The second-order valence-corrected chi connectivity index (χ2v) is 14.8. The van der Waals surface area contributed by atoms with Gasteiger partial charge < -0.3 is 19.7 Å². The highest BCUT2D eigenvalue weighted by atomic mass is 35.5. The molecule has 254 valence electrons. The standard InChI is InChI=1S/C37H42ClN3O6S/c1-26-15-18-31(19-16-26)48(44,45)41(32-23-29(38)17-20-34(32)47-6)25-35(42)40(24-28-13-10-14-30(21-28)46-5)33(36(43)39-37(2,3)4)22-27-11-8-7-9-12-27/h7-21,23,33H,22,24-25H2,1-6H3,(H,39,43)/t33-/m1/s1. The summed E-state index contributed by atoms with van der Waals surface area (Å²) in [6.45, 7) is 6.78. The number of anilines is 1. The van der Waals surface area contributed by atoms with Crippen molar-refractivity contribution in [2.45, 2.75) is 57.1 Å². The molecule has 0 saturated carbocycles. The Labute approximate surface area is 288 Å². The summed E-state index contributed by atoms with van der Waals surface area (Å²) < 4.78 is 40.7. The minimum atomic E-state index is -4.34. The first-order valence-electron chi connectivity index (χ1n) is 15.4. The molecule has 0 unspecified atom stereocenters. The lowest BCUT2D eigenvalue weighted by Crippen LogP contribution is -2.56. The number of carbonyl (C=O) groups is 2. The van der Waals surface area contributed by atoms with Crippen molar-refractivity contribution >= 4 is 39.1 Å². The van der Waals surface area contributed by atoms with Crippen LogP contribution in [0.3, 0.4) is 0 Å². The highest BCUT2D eigenvalue weighted by molar-refractivity contribution is 7.92. The zero-order valence-electron chi connectivity index (χ0n) is 28.1. The van der Waals surface area contributed by atoms with Crippen LogP contribution in [0.5, 0.6) is 11.5 Å². The van der Waals surface area contributed by atoms with Gasteiger partial charge in [-0.1, -0.05) is 71.8 Å². The fourth-order valence-electron chi connectivity index (χ4n) is 5.18. The van der Waals surface area contributed by atoms with Gasteiger partial charge in [-0.25, -0.2) is 8.42 Å². The van der Waals surface area contributed by atoms with Gasteiger partial charge in [-0.15, -0.1) is 0 Å². The summed E-state index contributed by atoms with van der Waals surface area (Å²) in [6, 6.07) is 26.5. The van der Waals surface area contributed by atoms with E-state index in [4.69, 9.17) is 21.1 Å². The zero-order valence-corrected chi connectivity index (χ0v) is 29.6. The lowest BCUT2D eigenvalue weighted by atomic mass is 10.0. The average molecular weight is 692 g/mol. The van der Waals surface area contributed by atoms with Crippen molar-refractivity contribution in [2.24, 2.45) is 0 Å². The van der Waals surface area contributed by atoms with Crippen molar-refractivity contribution in [3.05, 3.63) is 119 Å². The normalized spacial score (nSPS) is 12.1. The highest BCUT2D eigenvalue weighted by Crippen LogP contribution is 2.35. The van der Waals surface area contributed by atoms with Crippen LogP contribution < -0.4 is 19.1 Å². The van der Waals surface area contributed by atoms with E-state index in [1.807, 2.05) is 64.1 Å². The van der Waals surface area contributed by atoms with Gasteiger partial charge in [0.25, 0.3) is 10.0 Å². The smallest absolute Gasteiger partial charge is 0.264 e. The number of amides is 2. The van der Waals surface area contributed by atoms with Crippen molar-refractivity contribution in [3.63, 3.8) is 0 Å². The number of ether oxygens (including phenoxy) is 2. The van der Waals surface area contributed by atoms with Gasteiger partial charge in [0.15, 0.2) is 0 Å². The van der Waals surface area contributed by atoms with E-state index in [2.05, 4.69) is 5.32 Å². The molecule has 0 aromatic heterocycles. The van der Waals surface area contributed by atoms with E-state index >= 15 is 0 Å². The predicted octanol–water partition coefficient (Wildman–Crippen LogP) is 6.42. The van der Waals surface area contributed by atoms with Gasteiger partial charge in [0, 0.05) is 23.5 Å². The number of sulfonamides is 1. The van der Waals surface area contributed by atoms with E-state index in [1.54, 1.807) is 49.6 Å². The number of hydrogen-bond acceptors (Lipinski definition) is 6. The maximum absolute atomic E-state index is 14.7. The van der Waals surface area contributed by atoms with Crippen LogP contribution in [0.1, 0.15) is 37.5 Å². The Morgan fingerprint density at radius 2 is 1.52 bits per heavy atom. The number of carbonyl (C=O) groups excluding carboxylic acids is 2. The number of nitrogens with one attached hydrogen (secondary N) is 1. The molecule has 1 atom stereocenters. The summed E-state index contributed by atoms with van der Waals surface area (Å²) in [6.07, 6.45) is 0.184. The molecule has 1 N–H and O–H groups in total. The molecule has 0 heterocycles. The van der Waals surface area contributed by atoms with Gasteiger partial charge in [-0.05, 0) is 81.3 Å². The molecule has 0 radical (unpaired) electrons. The Balaban J connectivity index is 1.88. The molecule has 2 amide bonds. The maximum Gasteiger partial charge on any atom is 0.264 e. The van der Waals surface area contributed by atoms with Crippen molar-refractivity contribution in [3.8, 4) is 11.5 Å². The molecule has 4 aromatic rings. The van der Waals surface area contributed by atoms with Gasteiger partial charge >= 0.3 is 0 Å². The van der Waals surface area contributed by atoms with E-state index in [1.165, 1.54) is 30.2 Å². The zero-order chi connectivity index (χ0) is 35.1. The number of halogens is 1. The Bertz CT molecular complexity index is 1830. The fourth-order valence-corrected chi connectivity index (χ4v) is 6.77. The number of hydrogen-bond donors (Lipinski definition) is 1. The minimum absolute atomic E-state index is 0.00377. The van der Waals surface area contributed by atoms with Gasteiger partial charge in [0.1, 0.15) is 24.1 Å². The first kappa shape index (κ1) is 36.3. The van der Waals surface area contributed by atoms with Crippen LogP contribution in [0.15, 0.2) is 102 Å². The Morgan fingerprint density at radius 3 is 2.15 bits per heavy atom. The van der Waals surface area contributed by atoms with Crippen molar-refractivity contribution in [1.82, 2.24) is 10.2 Å². The quantitative estimate of drug-likeness (QED) is 0.174. The summed E-state index contributed by atoms with van der Waals surface area (Å²) in [5, 5.41) is 3.28. The third-order valence-corrected chi connectivity index (χ3v) is 9.56. The van der Waals surface area contributed by atoms with E-state index in [0.717, 1.165) is 15.4 Å². The molecular formula is C37H42ClN3O6S. The van der Waals surface area contributed by atoms with Crippen molar-refractivity contribution in [1.29, 1.82) is 0 Å². The second kappa shape index (κ2) is 15.6. The van der Waals surface area contributed by atoms with E-state index < -0.39 is 34.1 Å². The number of nitrogens with zero attached hydrogens (tertiary/aromatic N) is 2. The second-order valence-electron chi connectivity index (χ2n) is 12.5. The molecule has 0 aliphatic carbocycles. The van der Waals surface area contributed by atoms with Crippen LogP contribution in [-0.4, -0.2) is 57.5 Å². The van der Waals surface area contributed by atoms with Crippen LogP contribution in [0.25, 0.3) is 0 Å². The van der Waals surface area contributed by atoms with E-state index in [9.17, 15) is 18.0 Å². The van der Waals surface area contributed by atoms with Crippen molar-refractivity contribution < 1.29 is 27.5 Å². The Kier molecular flexibility index (Phi) is 11.8. The Hall–Kier alpha value is -4.54. The minimum Gasteiger partial charge on any atom is -0.497 e. The van der Waals surface area contributed by atoms with Gasteiger partial charge in [0.2, 0.25) is 11.8 Å². The maximum atomic E-state index is 14.7. The van der Waals surface area contributed by atoms with Crippen LogP contribution in [0.4, 0.5) is 5.69 Å². The topological polar surface area (TPSA) is 105 Å². The summed E-state index contributed by atoms with van der Waals surface area (Å²) in [5.74, 6) is -0.212. The number of rotatable bonds is 13. The monoisotopic (exact) mass is 691 g/mol. The lowest BCUT2D eigenvalue weighted by Gasteiger charge is -2.35. The molecule has 4 rings (SSSR count). The van der Waals surface area contributed by atoms with Crippen LogP contribution in [0, 0.1) is 6.92 Å². The molecule has 0 saturated heterocycles. The third-order valence-electron chi connectivity index (χ3n) is 7.55. The summed E-state index contributed by atoms with van der Waals surface area (Å²) >= 11 is 6.38. The summed E-state index contributed by atoms with van der Waals surface area (Å²) in [5.41, 5.74) is 1.87. The van der Waals surface area contributed by atoms with Crippen LogP contribution >= 0.6 is 11.6 Å². The number of aryl methyl sites for hydroxylation is 1. The molecule has 9 nitrogen and oxygen atoms in total. The van der Waals surface area contributed by atoms with Gasteiger partial charge in [-0.3, -0.25) is 13.9 Å². The highest BCUT2D eigenvalue weighted by Gasteiger charge is 2.36. The van der Waals surface area contributed by atoms with Crippen molar-refractivity contribution in [2.75, 3.05) is 25.1 Å². The average Bonchev–Trinajstić information content (AvgIpc) is 3.05. The molecule has 48 heavy (non-hydrogen) atoms. The molecule has 11 heteroatoms. The largest absolute Gasteiger partial charge is 0.497 e. The predicted molar refractivity (Wildman–Crippen MR) is 189 cm³/mol. The summed E-state index contributed by atoms with van der Waals surface area (Å²) in [4.78, 5) is 30.2. The molecule has 0 spiro atoms. The lowest BCUT2D eigenvalue weighted by molar-refractivity contribution is -0.140. The number of benzene rings is 4. The van der Waals surface area contributed by atoms with Gasteiger partial charge in [-0.2, -0.15) is 0 Å². The molecular weight excluding hydrogens is 650 g/mol. The SMILES string of the molecule is COc1cccc(CN(C(=O)CN(c2cc(Cl)ccc2OC)S(=O)(=O)c2ccc(C)cc2)[C@H](Cc2ccccc2)C(=O)NC(C)(C)C)c1. The molecule has 0 fully saturated rings. The first-order valence-corrected chi connectivity index (χ1v) is 17.2. The van der Waals surface area contributed by atoms with E-state index in [0.29, 0.717) is 11.3 Å². The van der Waals surface area contributed by atoms with Crippen LogP contribution in [0.2, 0.25) is 5.02 Å². The molecule has 4 aromatic carbocycles.